The van der Waals surface area contributed by atoms with Crippen LogP contribution < -0.4 is 4.74 Å². The zero-order valence-electron chi connectivity index (χ0n) is 15.7. The molecule has 2 aromatic rings. The van der Waals surface area contributed by atoms with Crippen molar-refractivity contribution in [1.82, 2.24) is 4.90 Å². The van der Waals surface area contributed by atoms with E-state index in [-0.39, 0.29) is 5.91 Å². The van der Waals surface area contributed by atoms with Gasteiger partial charge in [0, 0.05) is 20.0 Å². The molecule has 3 heteroatoms. The van der Waals surface area contributed by atoms with Crippen LogP contribution in [0.3, 0.4) is 0 Å². The van der Waals surface area contributed by atoms with Gasteiger partial charge in [-0.25, -0.2) is 0 Å². The monoisotopic (exact) mass is 339 g/mol. The van der Waals surface area contributed by atoms with E-state index < -0.39 is 0 Å². The van der Waals surface area contributed by atoms with Crippen LogP contribution >= 0.6 is 0 Å². The maximum absolute atomic E-state index is 12.1. The van der Waals surface area contributed by atoms with Crippen molar-refractivity contribution in [2.75, 3.05) is 13.7 Å². The third-order valence-corrected chi connectivity index (χ3v) is 4.72. The predicted octanol–water partition coefficient (Wildman–Crippen LogP) is 4.87. The van der Waals surface area contributed by atoms with Crippen molar-refractivity contribution in [3.05, 3.63) is 65.7 Å². The minimum atomic E-state index is 0.126. The number of carbonyl (C=O) groups is 1. The lowest BCUT2D eigenvalue weighted by molar-refractivity contribution is -0.129. The van der Waals surface area contributed by atoms with Crippen molar-refractivity contribution in [2.45, 2.75) is 39.7 Å². The Hall–Kier alpha value is -2.29. The van der Waals surface area contributed by atoms with Crippen LogP contribution in [0.1, 0.15) is 44.2 Å². The van der Waals surface area contributed by atoms with Gasteiger partial charge in [-0.05, 0) is 41.5 Å². The number of hydrogen-bond donors (Lipinski definition) is 0. The molecule has 0 aliphatic rings. The van der Waals surface area contributed by atoms with Gasteiger partial charge in [0.1, 0.15) is 5.75 Å². The summed E-state index contributed by atoms with van der Waals surface area (Å²) in [5.74, 6) is 1.93. The van der Waals surface area contributed by atoms with E-state index in [1.54, 1.807) is 14.0 Å². The normalized spacial score (nSPS) is 12.0. The number of nitrogens with zero attached hydrogens (tertiary/aromatic N) is 1. The van der Waals surface area contributed by atoms with E-state index in [1.165, 1.54) is 11.1 Å². The predicted molar refractivity (Wildman–Crippen MR) is 103 cm³/mol. The number of amides is 1. The molecule has 0 saturated heterocycles. The van der Waals surface area contributed by atoms with Crippen LogP contribution in [0.2, 0.25) is 0 Å². The van der Waals surface area contributed by atoms with E-state index >= 15 is 0 Å². The zero-order valence-corrected chi connectivity index (χ0v) is 15.7. The lowest BCUT2D eigenvalue weighted by Crippen LogP contribution is -2.30. The molecule has 0 heterocycles. The average Bonchev–Trinajstić information content (AvgIpc) is 2.62. The smallest absolute Gasteiger partial charge is 0.219 e. The first-order valence-electron chi connectivity index (χ1n) is 8.94. The minimum Gasteiger partial charge on any atom is -0.497 e. The van der Waals surface area contributed by atoms with Gasteiger partial charge in [-0.15, -0.1) is 0 Å². The number of methoxy groups -OCH3 is 1. The van der Waals surface area contributed by atoms with E-state index in [4.69, 9.17) is 4.74 Å². The lowest BCUT2D eigenvalue weighted by Gasteiger charge is -2.27. The van der Waals surface area contributed by atoms with Crippen LogP contribution in [0, 0.1) is 5.92 Å². The Morgan fingerprint density at radius 1 is 1.04 bits per heavy atom. The largest absolute Gasteiger partial charge is 0.497 e. The SMILES string of the molecule is COc1ccc([C@H](CCN(Cc2ccccc2)C(C)=O)C(C)C)cc1. The molecule has 0 radical (unpaired) electrons. The first-order valence-corrected chi connectivity index (χ1v) is 8.94. The summed E-state index contributed by atoms with van der Waals surface area (Å²) in [4.78, 5) is 14.0. The maximum Gasteiger partial charge on any atom is 0.219 e. The third-order valence-electron chi connectivity index (χ3n) is 4.72. The van der Waals surface area contributed by atoms with Crippen LogP contribution in [-0.2, 0) is 11.3 Å². The Kier molecular flexibility index (Phi) is 7.05. The van der Waals surface area contributed by atoms with Gasteiger partial charge < -0.3 is 9.64 Å². The molecule has 0 N–H and O–H groups in total. The van der Waals surface area contributed by atoms with Gasteiger partial charge in [-0.1, -0.05) is 56.3 Å². The van der Waals surface area contributed by atoms with Crippen LogP contribution in [0.25, 0.3) is 0 Å². The first kappa shape index (κ1) is 19.0. The Balaban J connectivity index is 2.05. The molecule has 0 aliphatic carbocycles. The van der Waals surface area contributed by atoms with Crippen molar-refractivity contribution >= 4 is 5.91 Å². The summed E-state index contributed by atoms with van der Waals surface area (Å²) in [5.41, 5.74) is 2.47. The second-order valence-electron chi connectivity index (χ2n) is 6.84. The number of rotatable bonds is 8. The molecule has 1 atom stereocenters. The lowest BCUT2D eigenvalue weighted by atomic mass is 9.85. The van der Waals surface area contributed by atoms with Gasteiger partial charge in [0.15, 0.2) is 0 Å². The summed E-state index contributed by atoms with van der Waals surface area (Å²) in [6.07, 6.45) is 0.955. The van der Waals surface area contributed by atoms with E-state index in [0.717, 1.165) is 18.7 Å². The molecule has 1 amide bonds. The molecular formula is C22H29NO2. The van der Waals surface area contributed by atoms with Crippen molar-refractivity contribution in [1.29, 1.82) is 0 Å². The van der Waals surface area contributed by atoms with Gasteiger partial charge in [0.25, 0.3) is 0 Å². The van der Waals surface area contributed by atoms with Gasteiger partial charge in [-0.3, -0.25) is 4.79 Å². The van der Waals surface area contributed by atoms with Crippen LogP contribution in [0.5, 0.6) is 5.75 Å². The standard InChI is InChI=1S/C22H29NO2/c1-17(2)22(20-10-12-21(25-4)13-11-20)14-15-23(18(3)24)16-19-8-6-5-7-9-19/h5-13,17,22H,14-16H2,1-4H3/t22-/m1/s1. The summed E-state index contributed by atoms with van der Waals surface area (Å²) >= 11 is 0. The molecule has 3 nitrogen and oxygen atoms in total. The minimum absolute atomic E-state index is 0.126. The highest BCUT2D eigenvalue weighted by Gasteiger charge is 2.18. The molecule has 0 aliphatic heterocycles. The summed E-state index contributed by atoms with van der Waals surface area (Å²) in [6, 6.07) is 18.5. The topological polar surface area (TPSA) is 29.5 Å². The maximum atomic E-state index is 12.1. The molecule has 0 fully saturated rings. The third kappa shape index (κ3) is 5.63. The van der Waals surface area contributed by atoms with E-state index in [0.29, 0.717) is 18.4 Å². The quantitative estimate of drug-likeness (QED) is 0.686. The fourth-order valence-corrected chi connectivity index (χ4v) is 3.18. The summed E-state index contributed by atoms with van der Waals surface area (Å²) in [6.45, 7) is 7.57. The molecule has 0 saturated carbocycles. The molecule has 2 rings (SSSR count). The van der Waals surface area contributed by atoms with Crippen molar-refractivity contribution in [3.63, 3.8) is 0 Å². The molecule has 0 unspecified atom stereocenters. The number of hydrogen-bond acceptors (Lipinski definition) is 2. The second kappa shape index (κ2) is 9.26. The number of carbonyl (C=O) groups excluding carboxylic acids is 1. The van der Waals surface area contributed by atoms with E-state index in [1.807, 2.05) is 35.2 Å². The number of ether oxygens (including phenoxy) is 1. The highest BCUT2D eigenvalue weighted by Crippen LogP contribution is 2.29. The summed E-state index contributed by atoms with van der Waals surface area (Å²) in [5, 5.41) is 0. The van der Waals surface area contributed by atoms with Crippen LogP contribution in [0.4, 0.5) is 0 Å². The second-order valence-corrected chi connectivity index (χ2v) is 6.84. The first-order chi connectivity index (χ1) is 12.0. The highest BCUT2D eigenvalue weighted by atomic mass is 16.5. The fraction of sp³-hybridized carbons (Fsp3) is 0.409. The molecule has 0 bridgehead atoms. The van der Waals surface area contributed by atoms with Crippen molar-refractivity contribution < 1.29 is 9.53 Å². The van der Waals surface area contributed by atoms with Crippen molar-refractivity contribution in [2.24, 2.45) is 5.92 Å². The van der Waals surface area contributed by atoms with Crippen molar-refractivity contribution in [3.8, 4) is 5.75 Å². The molecule has 134 valence electrons. The number of benzene rings is 2. The fourth-order valence-electron chi connectivity index (χ4n) is 3.18. The van der Waals surface area contributed by atoms with Gasteiger partial charge in [0.2, 0.25) is 5.91 Å². The molecule has 0 spiro atoms. The van der Waals surface area contributed by atoms with Crippen LogP contribution in [-0.4, -0.2) is 24.5 Å². The Labute approximate surface area is 151 Å². The Morgan fingerprint density at radius 2 is 1.68 bits per heavy atom. The van der Waals surface area contributed by atoms with Gasteiger partial charge in [-0.2, -0.15) is 0 Å². The van der Waals surface area contributed by atoms with E-state index in [9.17, 15) is 4.79 Å². The Bertz CT molecular complexity index is 649. The molecular weight excluding hydrogens is 310 g/mol. The van der Waals surface area contributed by atoms with Gasteiger partial charge >= 0.3 is 0 Å². The summed E-state index contributed by atoms with van der Waals surface area (Å²) in [7, 11) is 1.68. The van der Waals surface area contributed by atoms with Crippen LogP contribution in [0.15, 0.2) is 54.6 Å². The van der Waals surface area contributed by atoms with E-state index in [2.05, 4.69) is 38.1 Å². The molecule has 2 aromatic carbocycles. The summed E-state index contributed by atoms with van der Waals surface area (Å²) < 4.78 is 5.25. The zero-order chi connectivity index (χ0) is 18.2. The Morgan fingerprint density at radius 3 is 2.20 bits per heavy atom. The van der Waals surface area contributed by atoms with Gasteiger partial charge in [0.05, 0.1) is 7.11 Å². The average molecular weight is 339 g/mol. The molecule has 25 heavy (non-hydrogen) atoms. The highest BCUT2D eigenvalue weighted by molar-refractivity contribution is 5.73. The molecule has 0 aromatic heterocycles.